The second-order valence-electron chi connectivity index (χ2n) is 5.29. The fourth-order valence-corrected chi connectivity index (χ4v) is 3.66. The van der Waals surface area contributed by atoms with Crippen LogP contribution in [0.5, 0.6) is 0 Å². The molecule has 1 amide bonds. The quantitative estimate of drug-likeness (QED) is 0.437. The van der Waals surface area contributed by atoms with Gasteiger partial charge in [-0.15, -0.1) is 11.3 Å². The topological polar surface area (TPSA) is 120 Å². The van der Waals surface area contributed by atoms with E-state index in [2.05, 4.69) is 20.3 Å². The molecule has 0 radical (unpaired) electrons. The van der Waals surface area contributed by atoms with Crippen molar-refractivity contribution >= 4 is 57.4 Å². The van der Waals surface area contributed by atoms with E-state index < -0.39 is 5.25 Å². The predicted molar refractivity (Wildman–Crippen MR) is 107 cm³/mol. The number of aromatic nitrogens is 3. The highest BCUT2D eigenvalue weighted by Gasteiger charge is 2.18. The number of anilines is 3. The van der Waals surface area contributed by atoms with Gasteiger partial charge in [0.15, 0.2) is 10.3 Å². The van der Waals surface area contributed by atoms with Crippen LogP contribution in [0.4, 0.5) is 16.8 Å². The Morgan fingerprint density at radius 2 is 1.85 bits per heavy atom. The number of carbonyl (C=O) groups is 1. The highest BCUT2D eigenvalue weighted by molar-refractivity contribution is 8.00. The molecule has 1 unspecified atom stereocenters. The number of halogens is 1. The zero-order chi connectivity index (χ0) is 18.7. The van der Waals surface area contributed by atoms with Crippen LogP contribution in [0.2, 0.25) is 5.02 Å². The Bertz CT molecular complexity index is 910. The molecule has 0 fully saturated rings. The number of hydrogen-bond acceptors (Lipinski definition) is 8. The fourth-order valence-electron chi connectivity index (χ4n) is 2.02. The number of rotatable bonds is 5. The van der Waals surface area contributed by atoms with E-state index in [-0.39, 0.29) is 17.5 Å². The molecule has 0 saturated heterocycles. The molecule has 1 aromatic carbocycles. The lowest BCUT2D eigenvalue weighted by Crippen LogP contribution is -2.22. The first-order valence-electron chi connectivity index (χ1n) is 7.50. The van der Waals surface area contributed by atoms with Crippen LogP contribution in [0.25, 0.3) is 11.3 Å². The maximum Gasteiger partial charge on any atom is 0.239 e. The van der Waals surface area contributed by atoms with Crippen molar-refractivity contribution in [3.63, 3.8) is 0 Å². The molecule has 0 bridgehead atoms. The molecule has 3 rings (SSSR count). The summed E-state index contributed by atoms with van der Waals surface area (Å²) in [7, 11) is 0. The number of thiazole rings is 1. The minimum atomic E-state index is -0.445. The molecule has 1 atom stereocenters. The van der Waals surface area contributed by atoms with E-state index in [0.29, 0.717) is 15.3 Å². The molecular formula is C16H15ClN6OS2. The number of benzene rings is 1. The van der Waals surface area contributed by atoms with Gasteiger partial charge in [0, 0.05) is 22.0 Å². The van der Waals surface area contributed by atoms with Crippen molar-refractivity contribution in [2.45, 2.75) is 17.3 Å². The normalized spacial score (nSPS) is 11.9. The summed E-state index contributed by atoms with van der Waals surface area (Å²) >= 11 is 8.41. The number of thioether (sulfide) groups is 1. The van der Waals surface area contributed by atoms with Crippen molar-refractivity contribution in [3.8, 4) is 11.3 Å². The first-order valence-corrected chi connectivity index (χ1v) is 9.63. The van der Waals surface area contributed by atoms with E-state index in [4.69, 9.17) is 23.1 Å². The maximum absolute atomic E-state index is 12.4. The molecule has 2 aromatic heterocycles. The van der Waals surface area contributed by atoms with Crippen molar-refractivity contribution in [1.29, 1.82) is 0 Å². The summed E-state index contributed by atoms with van der Waals surface area (Å²) in [6, 6.07) is 8.81. The highest BCUT2D eigenvalue weighted by Crippen LogP contribution is 2.27. The van der Waals surface area contributed by atoms with Gasteiger partial charge < -0.3 is 16.8 Å². The van der Waals surface area contributed by atoms with Crippen LogP contribution in [0.3, 0.4) is 0 Å². The summed E-state index contributed by atoms with van der Waals surface area (Å²) in [6.45, 7) is 1.75. The smallest absolute Gasteiger partial charge is 0.239 e. The summed E-state index contributed by atoms with van der Waals surface area (Å²) in [5, 5.41) is 5.75. The average molecular weight is 407 g/mol. The Balaban J connectivity index is 1.65. The lowest BCUT2D eigenvalue weighted by atomic mass is 10.2. The van der Waals surface area contributed by atoms with Gasteiger partial charge in [0.1, 0.15) is 11.6 Å². The van der Waals surface area contributed by atoms with Gasteiger partial charge in [-0.25, -0.2) is 15.0 Å². The summed E-state index contributed by atoms with van der Waals surface area (Å²) in [5.74, 6) is 0.317. The van der Waals surface area contributed by atoms with Gasteiger partial charge in [-0.2, -0.15) is 0 Å². The minimum absolute atomic E-state index is 0.211. The summed E-state index contributed by atoms with van der Waals surface area (Å²) < 4.78 is 0. The molecule has 0 aliphatic carbocycles. The van der Waals surface area contributed by atoms with E-state index in [1.807, 2.05) is 17.5 Å². The number of nitrogens with zero attached hydrogens (tertiary/aromatic N) is 3. The number of carbonyl (C=O) groups excluding carboxylic acids is 1. The van der Waals surface area contributed by atoms with Gasteiger partial charge in [0.2, 0.25) is 5.91 Å². The predicted octanol–water partition coefficient (Wildman–Crippen LogP) is 3.54. The van der Waals surface area contributed by atoms with E-state index in [9.17, 15) is 4.79 Å². The molecule has 3 aromatic rings. The van der Waals surface area contributed by atoms with Crippen molar-refractivity contribution < 1.29 is 4.79 Å². The van der Waals surface area contributed by atoms with E-state index in [1.165, 1.54) is 29.2 Å². The number of hydrogen-bond donors (Lipinski definition) is 3. The minimum Gasteiger partial charge on any atom is -0.383 e. The third-order valence-electron chi connectivity index (χ3n) is 3.27. The number of nitrogen functional groups attached to an aromatic ring is 2. The molecule has 0 aliphatic rings. The van der Waals surface area contributed by atoms with Crippen LogP contribution in [0.1, 0.15) is 6.92 Å². The zero-order valence-corrected chi connectivity index (χ0v) is 16.0. The summed E-state index contributed by atoms with van der Waals surface area (Å²) in [4.78, 5) is 24.9. The maximum atomic E-state index is 12.4. The summed E-state index contributed by atoms with van der Waals surface area (Å²) in [5.41, 5.74) is 13.0. The first kappa shape index (κ1) is 18.4. The van der Waals surface area contributed by atoms with Crippen molar-refractivity contribution in [1.82, 2.24) is 15.0 Å². The van der Waals surface area contributed by atoms with E-state index in [1.54, 1.807) is 19.1 Å². The largest absolute Gasteiger partial charge is 0.383 e. The highest BCUT2D eigenvalue weighted by atomic mass is 35.5. The molecule has 5 N–H and O–H groups in total. The average Bonchev–Trinajstić information content (AvgIpc) is 3.03. The van der Waals surface area contributed by atoms with Crippen molar-refractivity contribution in [2.75, 3.05) is 16.8 Å². The van der Waals surface area contributed by atoms with Crippen LogP contribution in [-0.2, 0) is 4.79 Å². The van der Waals surface area contributed by atoms with Gasteiger partial charge in [-0.1, -0.05) is 35.5 Å². The van der Waals surface area contributed by atoms with Gasteiger partial charge in [-0.05, 0) is 19.1 Å². The monoisotopic (exact) mass is 406 g/mol. The third kappa shape index (κ3) is 4.63. The van der Waals surface area contributed by atoms with Crippen LogP contribution in [0.15, 0.2) is 40.9 Å². The van der Waals surface area contributed by atoms with Crippen LogP contribution >= 0.6 is 34.7 Å². The summed E-state index contributed by atoms with van der Waals surface area (Å²) in [6.07, 6.45) is 0. The molecule has 10 heteroatoms. The Hall–Kier alpha value is -2.36. The lowest BCUT2D eigenvalue weighted by molar-refractivity contribution is -0.115. The SMILES string of the molecule is CC(Sc1nc(N)cc(N)n1)C(=O)Nc1nc(-c2ccc(Cl)cc2)cs1. The standard InChI is InChI=1S/C16H15ClN6OS2/c1-8(26-16-21-12(18)6-13(19)22-16)14(24)23-15-20-11(7-25-15)9-2-4-10(17)5-3-9/h2-8H,1H3,(H,20,23,24)(H4,18,19,21,22). The molecule has 7 nitrogen and oxygen atoms in total. The molecule has 134 valence electrons. The molecular weight excluding hydrogens is 392 g/mol. The van der Waals surface area contributed by atoms with Gasteiger partial charge in [0.25, 0.3) is 0 Å². The third-order valence-corrected chi connectivity index (χ3v) is 5.24. The van der Waals surface area contributed by atoms with E-state index in [0.717, 1.165) is 11.3 Å². The molecule has 0 saturated carbocycles. The van der Waals surface area contributed by atoms with Crippen LogP contribution in [-0.4, -0.2) is 26.1 Å². The number of nitrogens with one attached hydrogen (secondary N) is 1. The molecule has 2 heterocycles. The molecule has 0 aliphatic heterocycles. The van der Waals surface area contributed by atoms with Crippen molar-refractivity contribution in [3.05, 3.63) is 40.7 Å². The van der Waals surface area contributed by atoms with Gasteiger partial charge in [-0.3, -0.25) is 4.79 Å². The Morgan fingerprint density at radius 1 is 1.19 bits per heavy atom. The van der Waals surface area contributed by atoms with Gasteiger partial charge >= 0.3 is 0 Å². The van der Waals surface area contributed by atoms with E-state index >= 15 is 0 Å². The molecule has 0 spiro atoms. The van der Waals surface area contributed by atoms with Crippen LogP contribution < -0.4 is 16.8 Å². The Labute approximate surface area is 163 Å². The number of nitrogens with two attached hydrogens (primary N) is 2. The van der Waals surface area contributed by atoms with Gasteiger partial charge in [0.05, 0.1) is 10.9 Å². The second kappa shape index (κ2) is 7.90. The Kier molecular flexibility index (Phi) is 5.60. The second-order valence-corrected chi connectivity index (χ2v) is 7.90. The zero-order valence-electron chi connectivity index (χ0n) is 13.6. The number of amides is 1. The van der Waals surface area contributed by atoms with Crippen molar-refractivity contribution in [2.24, 2.45) is 0 Å². The first-order chi connectivity index (χ1) is 12.4. The Morgan fingerprint density at radius 3 is 2.50 bits per heavy atom. The molecule has 26 heavy (non-hydrogen) atoms. The fraction of sp³-hybridized carbons (Fsp3) is 0.125. The van der Waals surface area contributed by atoms with Crippen LogP contribution in [0, 0.1) is 0 Å². The lowest BCUT2D eigenvalue weighted by Gasteiger charge is -2.09.